The molecule has 0 N–H and O–H groups in total. The normalized spacial score (nSPS) is 27.4. The highest BCUT2D eigenvalue weighted by atomic mass is 16.5. The highest BCUT2D eigenvalue weighted by molar-refractivity contribution is 5.24. The number of aromatic nitrogens is 2. The van der Waals surface area contributed by atoms with Crippen LogP contribution in [-0.2, 0) is 6.42 Å². The summed E-state index contributed by atoms with van der Waals surface area (Å²) in [5.74, 6) is 2.17. The molecule has 23 heavy (non-hydrogen) atoms. The van der Waals surface area contributed by atoms with E-state index in [9.17, 15) is 0 Å². The third kappa shape index (κ3) is 2.80. The lowest BCUT2D eigenvalue weighted by Crippen LogP contribution is -2.27. The Hall–Kier alpha value is -1.68. The van der Waals surface area contributed by atoms with Crippen LogP contribution in [0.2, 0.25) is 0 Å². The number of unbranched alkanes of at least 4 members (excludes halogenated alkanes) is 1. The summed E-state index contributed by atoms with van der Waals surface area (Å²) in [7, 11) is 0. The number of fused-ring (bicyclic) bond motifs is 1. The Morgan fingerprint density at radius 2 is 2.13 bits per heavy atom. The van der Waals surface area contributed by atoms with Crippen molar-refractivity contribution in [3.63, 3.8) is 0 Å². The second-order valence-electron chi connectivity index (χ2n) is 6.87. The van der Waals surface area contributed by atoms with Gasteiger partial charge < -0.3 is 4.52 Å². The second kappa shape index (κ2) is 6.44. The van der Waals surface area contributed by atoms with Gasteiger partial charge in [-0.05, 0) is 37.8 Å². The molecule has 4 nitrogen and oxygen atoms in total. The van der Waals surface area contributed by atoms with Crippen LogP contribution < -0.4 is 0 Å². The number of hydrogen-bond donors (Lipinski definition) is 0. The Morgan fingerprint density at radius 1 is 1.26 bits per heavy atom. The number of benzene rings is 1. The molecule has 4 rings (SSSR count). The van der Waals surface area contributed by atoms with Crippen LogP contribution in [0, 0.1) is 0 Å². The monoisotopic (exact) mass is 311 g/mol. The van der Waals surface area contributed by atoms with Gasteiger partial charge in [0.05, 0.1) is 0 Å². The van der Waals surface area contributed by atoms with E-state index in [1.807, 2.05) is 0 Å². The maximum Gasteiger partial charge on any atom is 0.226 e. The van der Waals surface area contributed by atoms with Crippen LogP contribution in [-0.4, -0.2) is 27.6 Å². The second-order valence-corrected chi connectivity index (χ2v) is 6.87. The van der Waals surface area contributed by atoms with E-state index >= 15 is 0 Å². The van der Waals surface area contributed by atoms with Gasteiger partial charge in [0.2, 0.25) is 5.89 Å². The molecular formula is C19H25N3O. The van der Waals surface area contributed by atoms with Gasteiger partial charge in [0.25, 0.3) is 0 Å². The number of aryl methyl sites for hydroxylation is 1. The molecule has 1 aromatic heterocycles. The Kier molecular flexibility index (Phi) is 4.17. The van der Waals surface area contributed by atoms with Gasteiger partial charge >= 0.3 is 0 Å². The van der Waals surface area contributed by atoms with Crippen LogP contribution >= 0.6 is 0 Å². The smallest absolute Gasteiger partial charge is 0.226 e. The fourth-order valence-electron chi connectivity index (χ4n) is 4.30. The van der Waals surface area contributed by atoms with E-state index in [0.717, 1.165) is 37.4 Å². The minimum atomic E-state index is 0.418. The molecule has 0 spiro atoms. The van der Waals surface area contributed by atoms with Crippen LogP contribution in [0.5, 0.6) is 0 Å². The molecule has 4 heteroatoms. The van der Waals surface area contributed by atoms with Gasteiger partial charge in [0.1, 0.15) is 0 Å². The third-order valence-electron chi connectivity index (χ3n) is 5.43. The summed E-state index contributed by atoms with van der Waals surface area (Å²) in [6, 6.07) is 12.0. The quantitative estimate of drug-likeness (QED) is 0.833. The van der Waals surface area contributed by atoms with E-state index in [2.05, 4.69) is 47.3 Å². The Morgan fingerprint density at radius 3 is 2.96 bits per heavy atom. The van der Waals surface area contributed by atoms with Crippen molar-refractivity contribution in [1.29, 1.82) is 0 Å². The van der Waals surface area contributed by atoms with Gasteiger partial charge in [-0.2, -0.15) is 4.98 Å². The fraction of sp³-hybridized carbons (Fsp3) is 0.579. The summed E-state index contributed by atoms with van der Waals surface area (Å²) in [5.41, 5.74) is 1.43. The van der Waals surface area contributed by atoms with Crippen molar-refractivity contribution in [2.45, 2.75) is 63.5 Å². The lowest BCUT2D eigenvalue weighted by molar-refractivity contribution is 0.243. The number of hydrogen-bond acceptors (Lipinski definition) is 4. The molecular weight excluding hydrogens is 286 g/mol. The molecule has 2 fully saturated rings. The predicted octanol–water partition coefficient (Wildman–Crippen LogP) is 4.11. The van der Waals surface area contributed by atoms with Gasteiger partial charge in [-0.25, -0.2) is 0 Å². The molecule has 0 saturated carbocycles. The van der Waals surface area contributed by atoms with Crippen molar-refractivity contribution >= 4 is 0 Å². The minimum Gasteiger partial charge on any atom is -0.339 e. The maximum atomic E-state index is 5.49. The first-order valence-corrected chi connectivity index (χ1v) is 9.00. The molecule has 1 aromatic carbocycles. The molecule has 2 aliphatic rings. The molecule has 0 bridgehead atoms. The summed E-state index contributed by atoms with van der Waals surface area (Å²) >= 11 is 0. The highest BCUT2D eigenvalue weighted by Crippen LogP contribution is 2.48. The predicted molar refractivity (Wildman–Crippen MR) is 89.2 cm³/mol. The highest BCUT2D eigenvalue weighted by Gasteiger charge is 2.46. The standard InChI is InChI=1S/C19H25N3O/c1-2-3-11-18-20-19(21-23-18)15-13-17(14-8-5-4-6-9-14)22-12-7-10-16(15)22/h4-6,8-9,15-17H,2-3,7,10-13H2,1H3/t15-,16+,17-/m1/s1. The third-order valence-corrected chi connectivity index (χ3v) is 5.43. The van der Waals surface area contributed by atoms with Crippen molar-refractivity contribution in [2.24, 2.45) is 0 Å². The van der Waals surface area contributed by atoms with E-state index in [-0.39, 0.29) is 0 Å². The average Bonchev–Trinajstić information content (AvgIpc) is 3.29. The van der Waals surface area contributed by atoms with Crippen LogP contribution in [0.15, 0.2) is 34.9 Å². The molecule has 0 radical (unpaired) electrons. The van der Waals surface area contributed by atoms with Crippen molar-refractivity contribution in [1.82, 2.24) is 15.0 Å². The van der Waals surface area contributed by atoms with Crippen molar-refractivity contribution < 1.29 is 4.52 Å². The molecule has 0 aliphatic carbocycles. The average molecular weight is 311 g/mol. The molecule has 122 valence electrons. The lowest BCUT2D eigenvalue weighted by Gasteiger charge is -2.24. The van der Waals surface area contributed by atoms with Crippen molar-refractivity contribution in [2.75, 3.05) is 6.54 Å². The molecule has 0 unspecified atom stereocenters. The zero-order chi connectivity index (χ0) is 15.6. The molecule has 3 atom stereocenters. The van der Waals surface area contributed by atoms with E-state index < -0.39 is 0 Å². The molecule has 3 heterocycles. The van der Waals surface area contributed by atoms with Gasteiger partial charge in [-0.15, -0.1) is 0 Å². The number of nitrogens with zero attached hydrogens (tertiary/aromatic N) is 3. The summed E-state index contributed by atoms with van der Waals surface area (Å²) in [6.45, 7) is 3.39. The first-order valence-electron chi connectivity index (χ1n) is 9.00. The van der Waals surface area contributed by atoms with Gasteiger partial charge in [-0.1, -0.05) is 48.8 Å². The molecule has 0 amide bonds. The first kappa shape index (κ1) is 14.9. The fourth-order valence-corrected chi connectivity index (χ4v) is 4.30. The first-order chi connectivity index (χ1) is 11.4. The van der Waals surface area contributed by atoms with Gasteiger partial charge in [0.15, 0.2) is 5.82 Å². The summed E-state index contributed by atoms with van der Waals surface area (Å²) in [6.07, 6.45) is 6.84. The zero-order valence-electron chi connectivity index (χ0n) is 13.8. The zero-order valence-corrected chi connectivity index (χ0v) is 13.8. The Labute approximate surface area is 137 Å². The number of rotatable bonds is 5. The van der Waals surface area contributed by atoms with Crippen LogP contribution in [0.3, 0.4) is 0 Å². The summed E-state index contributed by atoms with van der Waals surface area (Å²) < 4.78 is 5.49. The molecule has 2 aliphatic heterocycles. The Bertz CT molecular complexity index is 639. The van der Waals surface area contributed by atoms with E-state index in [0.29, 0.717) is 18.0 Å². The van der Waals surface area contributed by atoms with Crippen molar-refractivity contribution in [3.05, 3.63) is 47.6 Å². The lowest BCUT2D eigenvalue weighted by atomic mass is 9.94. The van der Waals surface area contributed by atoms with E-state index in [4.69, 9.17) is 9.51 Å². The molecule has 2 saturated heterocycles. The van der Waals surface area contributed by atoms with Gasteiger partial charge in [-0.3, -0.25) is 4.90 Å². The van der Waals surface area contributed by atoms with E-state index in [1.54, 1.807) is 0 Å². The van der Waals surface area contributed by atoms with Crippen LogP contribution in [0.4, 0.5) is 0 Å². The summed E-state index contributed by atoms with van der Waals surface area (Å²) in [5, 5.41) is 4.33. The topological polar surface area (TPSA) is 42.2 Å². The van der Waals surface area contributed by atoms with Crippen LogP contribution in [0.25, 0.3) is 0 Å². The Balaban J connectivity index is 1.56. The maximum absolute atomic E-state index is 5.49. The molecule has 2 aromatic rings. The van der Waals surface area contributed by atoms with Crippen LogP contribution in [0.1, 0.15) is 68.3 Å². The van der Waals surface area contributed by atoms with Gasteiger partial charge in [0, 0.05) is 24.4 Å². The van der Waals surface area contributed by atoms with E-state index in [1.165, 1.54) is 24.9 Å². The minimum absolute atomic E-state index is 0.418. The summed E-state index contributed by atoms with van der Waals surface area (Å²) in [4.78, 5) is 7.38. The largest absolute Gasteiger partial charge is 0.339 e. The SMILES string of the molecule is CCCCc1nc([C@@H]2C[C@H](c3ccccc3)N3CCC[C@@H]23)no1. The van der Waals surface area contributed by atoms with Crippen molar-refractivity contribution in [3.8, 4) is 0 Å².